The lowest BCUT2D eigenvalue weighted by Crippen LogP contribution is -2.46. The number of aliphatic carboxylic acids is 1. The summed E-state index contributed by atoms with van der Waals surface area (Å²) in [7, 11) is 3.25. The third-order valence-corrected chi connectivity index (χ3v) is 2.43. The number of carbonyl (C=O) groups is 2. The highest BCUT2D eigenvalue weighted by Crippen LogP contribution is 1.96. The largest absolute Gasteiger partial charge is 0.480 e. The summed E-state index contributed by atoms with van der Waals surface area (Å²) >= 11 is 0. The van der Waals surface area contributed by atoms with E-state index in [1.807, 2.05) is 0 Å². The van der Waals surface area contributed by atoms with Crippen molar-refractivity contribution >= 4 is 12.0 Å². The number of amides is 2. The molecule has 1 unspecified atom stereocenters. The van der Waals surface area contributed by atoms with Gasteiger partial charge >= 0.3 is 12.0 Å². The number of carboxylic acid groups (broad SMARTS) is 1. The van der Waals surface area contributed by atoms with Gasteiger partial charge in [0.1, 0.15) is 6.04 Å². The van der Waals surface area contributed by atoms with Crippen LogP contribution in [-0.2, 0) is 23.1 Å². The van der Waals surface area contributed by atoms with Crippen molar-refractivity contribution in [3.63, 3.8) is 0 Å². The van der Waals surface area contributed by atoms with Crippen molar-refractivity contribution in [3.8, 4) is 0 Å². The fourth-order valence-electron chi connectivity index (χ4n) is 1.45. The van der Waals surface area contributed by atoms with Crippen molar-refractivity contribution < 1.29 is 19.4 Å². The molecule has 2 amide bonds. The molecule has 0 aromatic carbocycles. The molecule has 1 atom stereocenters. The lowest BCUT2D eigenvalue weighted by molar-refractivity contribution is -0.139. The summed E-state index contributed by atoms with van der Waals surface area (Å²) < 4.78 is 6.41. The van der Waals surface area contributed by atoms with Crippen LogP contribution in [0.1, 0.15) is 12.0 Å². The molecule has 1 heterocycles. The molecule has 0 saturated heterocycles. The second-order valence-electron chi connectivity index (χ2n) is 4.02. The van der Waals surface area contributed by atoms with E-state index < -0.39 is 18.0 Å². The second-order valence-corrected chi connectivity index (χ2v) is 4.02. The van der Waals surface area contributed by atoms with Gasteiger partial charge in [0, 0.05) is 45.5 Å². The van der Waals surface area contributed by atoms with Crippen LogP contribution < -0.4 is 10.6 Å². The Bertz CT molecular complexity index is 432. The molecule has 0 aliphatic rings. The first kappa shape index (κ1) is 15.0. The third-order valence-electron chi connectivity index (χ3n) is 2.43. The molecule has 0 bridgehead atoms. The summed E-state index contributed by atoms with van der Waals surface area (Å²) in [5, 5.41) is 17.8. The molecule has 3 N–H and O–H groups in total. The number of ether oxygens (including phenoxy) is 1. The van der Waals surface area contributed by atoms with Gasteiger partial charge in [0.2, 0.25) is 0 Å². The minimum absolute atomic E-state index is 0.214. The van der Waals surface area contributed by atoms with Crippen molar-refractivity contribution in [1.82, 2.24) is 20.4 Å². The molecule has 1 aromatic heterocycles. The van der Waals surface area contributed by atoms with E-state index in [0.29, 0.717) is 0 Å². The minimum atomic E-state index is -1.09. The van der Waals surface area contributed by atoms with Crippen molar-refractivity contribution in [2.24, 2.45) is 7.05 Å². The van der Waals surface area contributed by atoms with Gasteiger partial charge in [-0.25, -0.2) is 9.59 Å². The fraction of sp³-hybridized carbons (Fsp3) is 0.545. The Balaban J connectivity index is 2.37. The van der Waals surface area contributed by atoms with Crippen LogP contribution in [0.4, 0.5) is 4.79 Å². The number of aryl methyl sites for hydroxylation is 1. The predicted octanol–water partition coefficient (Wildman–Crippen LogP) is -0.291. The number of aromatic nitrogens is 2. The first-order valence-electron chi connectivity index (χ1n) is 5.76. The number of urea groups is 1. The van der Waals surface area contributed by atoms with Gasteiger partial charge in [-0.05, 0) is 0 Å². The van der Waals surface area contributed by atoms with E-state index in [4.69, 9.17) is 9.84 Å². The molecular weight excluding hydrogens is 252 g/mol. The smallest absolute Gasteiger partial charge is 0.326 e. The van der Waals surface area contributed by atoms with Crippen LogP contribution >= 0.6 is 0 Å². The number of nitrogens with one attached hydrogen (secondary N) is 2. The molecule has 0 aliphatic carbocycles. The predicted molar refractivity (Wildman–Crippen MR) is 66.5 cm³/mol. The topological polar surface area (TPSA) is 105 Å². The van der Waals surface area contributed by atoms with E-state index in [2.05, 4.69) is 15.7 Å². The van der Waals surface area contributed by atoms with Crippen LogP contribution in [0.15, 0.2) is 12.4 Å². The average Bonchev–Trinajstić information content (AvgIpc) is 2.77. The molecule has 1 aromatic rings. The van der Waals surface area contributed by atoms with E-state index in [1.54, 1.807) is 24.1 Å². The Kier molecular flexibility index (Phi) is 5.80. The highest BCUT2D eigenvalue weighted by Gasteiger charge is 2.19. The maximum absolute atomic E-state index is 11.5. The SMILES string of the molecule is COCCC(NC(=O)NCc1cnn(C)c1)C(=O)O. The van der Waals surface area contributed by atoms with E-state index in [0.717, 1.165) is 5.56 Å². The van der Waals surface area contributed by atoms with Crippen LogP contribution in [0.3, 0.4) is 0 Å². The highest BCUT2D eigenvalue weighted by molar-refractivity contribution is 5.82. The van der Waals surface area contributed by atoms with Gasteiger partial charge in [-0.15, -0.1) is 0 Å². The van der Waals surface area contributed by atoms with Crippen LogP contribution in [0.5, 0.6) is 0 Å². The Morgan fingerprint density at radius 2 is 2.32 bits per heavy atom. The molecule has 0 aliphatic heterocycles. The summed E-state index contributed by atoms with van der Waals surface area (Å²) in [6, 6.07) is -1.50. The Morgan fingerprint density at radius 3 is 2.84 bits per heavy atom. The molecule has 106 valence electrons. The number of rotatable bonds is 7. The first-order valence-corrected chi connectivity index (χ1v) is 5.76. The number of carbonyl (C=O) groups excluding carboxylic acids is 1. The summed E-state index contributed by atoms with van der Waals surface area (Å²) in [6.07, 6.45) is 3.60. The van der Waals surface area contributed by atoms with E-state index in [-0.39, 0.29) is 19.6 Å². The lowest BCUT2D eigenvalue weighted by atomic mass is 10.2. The number of methoxy groups -OCH3 is 1. The minimum Gasteiger partial charge on any atom is -0.480 e. The summed E-state index contributed by atoms with van der Waals surface area (Å²) in [5.41, 5.74) is 0.835. The van der Waals surface area contributed by atoms with E-state index in [9.17, 15) is 9.59 Å². The summed E-state index contributed by atoms with van der Waals surface area (Å²) in [5.74, 6) is -1.09. The molecule has 0 radical (unpaired) electrons. The number of nitrogens with zero attached hydrogens (tertiary/aromatic N) is 2. The highest BCUT2D eigenvalue weighted by atomic mass is 16.5. The quantitative estimate of drug-likeness (QED) is 0.631. The summed E-state index contributed by atoms with van der Waals surface area (Å²) in [6.45, 7) is 0.552. The van der Waals surface area contributed by atoms with Crippen molar-refractivity contribution in [2.45, 2.75) is 19.0 Å². The van der Waals surface area contributed by atoms with Gasteiger partial charge in [0.25, 0.3) is 0 Å². The molecule has 0 fully saturated rings. The maximum atomic E-state index is 11.5. The lowest BCUT2D eigenvalue weighted by Gasteiger charge is -2.14. The van der Waals surface area contributed by atoms with Crippen molar-refractivity contribution in [2.75, 3.05) is 13.7 Å². The van der Waals surface area contributed by atoms with Gasteiger partial charge in [-0.3, -0.25) is 4.68 Å². The molecule has 0 saturated carbocycles. The fourth-order valence-corrected chi connectivity index (χ4v) is 1.45. The third kappa shape index (κ3) is 5.38. The van der Waals surface area contributed by atoms with E-state index >= 15 is 0 Å². The molecule has 0 spiro atoms. The molecule has 1 rings (SSSR count). The normalized spacial score (nSPS) is 11.9. The van der Waals surface area contributed by atoms with Crippen molar-refractivity contribution in [3.05, 3.63) is 18.0 Å². The zero-order chi connectivity index (χ0) is 14.3. The second kappa shape index (κ2) is 7.37. The molecular formula is C11H18N4O4. The van der Waals surface area contributed by atoms with Crippen molar-refractivity contribution in [1.29, 1.82) is 0 Å². The van der Waals surface area contributed by atoms with Crippen LogP contribution in [0.2, 0.25) is 0 Å². The van der Waals surface area contributed by atoms with Crippen LogP contribution in [0, 0.1) is 0 Å². The van der Waals surface area contributed by atoms with Crippen LogP contribution in [-0.4, -0.2) is 46.6 Å². The number of hydrogen-bond acceptors (Lipinski definition) is 4. The van der Waals surface area contributed by atoms with Crippen LogP contribution in [0.25, 0.3) is 0 Å². The Hall–Kier alpha value is -2.09. The Morgan fingerprint density at radius 1 is 1.58 bits per heavy atom. The number of hydrogen-bond donors (Lipinski definition) is 3. The zero-order valence-corrected chi connectivity index (χ0v) is 10.9. The van der Waals surface area contributed by atoms with E-state index in [1.165, 1.54) is 7.11 Å². The average molecular weight is 270 g/mol. The first-order chi connectivity index (χ1) is 9.02. The maximum Gasteiger partial charge on any atom is 0.326 e. The summed E-state index contributed by atoms with van der Waals surface area (Å²) in [4.78, 5) is 22.5. The van der Waals surface area contributed by atoms with Gasteiger partial charge in [-0.1, -0.05) is 0 Å². The Labute approximate surface area is 110 Å². The van der Waals surface area contributed by atoms with Gasteiger partial charge < -0.3 is 20.5 Å². The molecule has 8 nitrogen and oxygen atoms in total. The standard InChI is InChI=1S/C11H18N4O4/c1-15-7-8(6-13-15)5-12-11(18)14-9(10(16)17)3-4-19-2/h6-7,9H,3-5H2,1-2H3,(H,16,17)(H2,12,14,18). The number of carboxylic acids is 1. The van der Waals surface area contributed by atoms with Gasteiger partial charge in [-0.2, -0.15) is 5.10 Å². The van der Waals surface area contributed by atoms with Gasteiger partial charge in [0.05, 0.1) is 6.20 Å². The zero-order valence-electron chi connectivity index (χ0n) is 10.9. The van der Waals surface area contributed by atoms with Gasteiger partial charge in [0.15, 0.2) is 0 Å². The monoisotopic (exact) mass is 270 g/mol. The molecule has 19 heavy (non-hydrogen) atoms. The molecule has 8 heteroatoms.